The van der Waals surface area contributed by atoms with Crippen molar-refractivity contribution in [1.82, 2.24) is 24.9 Å². The predicted molar refractivity (Wildman–Crippen MR) is 94.7 cm³/mol. The number of aromatic nitrogens is 4. The average Bonchev–Trinajstić information content (AvgIpc) is 3.08. The van der Waals surface area contributed by atoms with Gasteiger partial charge in [0.1, 0.15) is 0 Å². The van der Waals surface area contributed by atoms with Crippen LogP contribution < -0.4 is 0 Å². The van der Waals surface area contributed by atoms with Crippen LogP contribution in [-0.2, 0) is 9.53 Å². The van der Waals surface area contributed by atoms with Gasteiger partial charge in [-0.1, -0.05) is 23.4 Å². The zero-order chi connectivity index (χ0) is 19.0. The molecule has 27 heavy (non-hydrogen) atoms. The van der Waals surface area contributed by atoms with Crippen LogP contribution in [0.3, 0.4) is 0 Å². The van der Waals surface area contributed by atoms with Crippen LogP contribution in [0.25, 0.3) is 16.6 Å². The van der Waals surface area contributed by atoms with E-state index in [1.807, 2.05) is 30.3 Å². The van der Waals surface area contributed by atoms with E-state index in [1.54, 1.807) is 17.8 Å². The summed E-state index contributed by atoms with van der Waals surface area (Å²) in [6.45, 7) is 2.22. The van der Waals surface area contributed by atoms with Crippen LogP contribution in [0.1, 0.15) is 16.2 Å². The van der Waals surface area contributed by atoms with Crippen molar-refractivity contribution in [2.45, 2.75) is 13.0 Å². The van der Waals surface area contributed by atoms with Gasteiger partial charge in [0.05, 0.1) is 30.0 Å². The number of carboxylic acids is 1. The summed E-state index contributed by atoms with van der Waals surface area (Å²) >= 11 is 0. The van der Waals surface area contributed by atoms with E-state index in [-0.39, 0.29) is 24.8 Å². The number of morpholine rings is 1. The Balaban J connectivity index is 1.68. The van der Waals surface area contributed by atoms with Crippen LogP contribution in [0.4, 0.5) is 0 Å². The SMILES string of the molecule is Cc1c(C(=O)N2CCO[C@@H](C(=O)O)C2)nnn1-c1cccc2cccnc12. The number of nitrogens with zero attached hydrogens (tertiary/aromatic N) is 5. The molecule has 0 spiro atoms. The Labute approximate surface area is 154 Å². The smallest absolute Gasteiger partial charge is 0.334 e. The van der Waals surface area contributed by atoms with E-state index in [9.17, 15) is 9.59 Å². The van der Waals surface area contributed by atoms with Crippen LogP contribution in [0.15, 0.2) is 36.5 Å². The number of fused-ring (bicyclic) bond motifs is 1. The molecule has 1 atom stereocenters. The summed E-state index contributed by atoms with van der Waals surface area (Å²) in [5.41, 5.74) is 2.23. The normalized spacial score (nSPS) is 17.2. The highest BCUT2D eigenvalue weighted by molar-refractivity contribution is 5.94. The second kappa shape index (κ2) is 6.76. The zero-order valence-electron chi connectivity index (χ0n) is 14.6. The number of carboxylic acid groups (broad SMARTS) is 1. The maximum absolute atomic E-state index is 12.8. The lowest BCUT2D eigenvalue weighted by Gasteiger charge is -2.30. The molecule has 1 fully saturated rings. The van der Waals surface area contributed by atoms with E-state index in [1.165, 1.54) is 4.90 Å². The lowest BCUT2D eigenvalue weighted by atomic mass is 10.2. The molecule has 0 radical (unpaired) electrons. The molecule has 0 unspecified atom stereocenters. The minimum atomic E-state index is -1.09. The molecular weight excluding hydrogens is 350 g/mol. The lowest BCUT2D eigenvalue weighted by Crippen LogP contribution is -2.48. The predicted octanol–water partition coefficient (Wildman–Crippen LogP) is 1.05. The molecule has 1 N–H and O–H groups in total. The first kappa shape index (κ1) is 17.1. The molecule has 1 amide bonds. The van der Waals surface area contributed by atoms with Gasteiger partial charge in [0.25, 0.3) is 5.91 Å². The Kier molecular flexibility index (Phi) is 4.28. The summed E-state index contributed by atoms with van der Waals surface area (Å²) in [5.74, 6) is -1.45. The number of para-hydroxylation sites is 1. The monoisotopic (exact) mass is 367 g/mol. The quantitative estimate of drug-likeness (QED) is 0.736. The lowest BCUT2D eigenvalue weighted by molar-refractivity contribution is -0.154. The molecule has 1 aliphatic heterocycles. The Morgan fingerprint density at radius 3 is 2.89 bits per heavy atom. The number of hydrogen-bond donors (Lipinski definition) is 1. The maximum Gasteiger partial charge on any atom is 0.334 e. The first-order valence-corrected chi connectivity index (χ1v) is 8.46. The first-order valence-electron chi connectivity index (χ1n) is 8.46. The maximum atomic E-state index is 12.8. The van der Waals surface area contributed by atoms with Gasteiger partial charge in [-0.2, -0.15) is 0 Å². The topological polar surface area (TPSA) is 110 Å². The van der Waals surface area contributed by atoms with Crippen LogP contribution in [-0.4, -0.2) is 67.7 Å². The molecule has 3 heterocycles. The molecular formula is C18H17N5O4. The Bertz CT molecular complexity index is 1030. The van der Waals surface area contributed by atoms with E-state index in [4.69, 9.17) is 9.84 Å². The summed E-state index contributed by atoms with van der Waals surface area (Å²) in [6.07, 6.45) is 0.671. The van der Waals surface area contributed by atoms with Gasteiger partial charge in [-0.05, 0) is 19.1 Å². The van der Waals surface area contributed by atoms with Crippen molar-refractivity contribution in [1.29, 1.82) is 0 Å². The summed E-state index contributed by atoms with van der Waals surface area (Å²) in [4.78, 5) is 29.8. The fourth-order valence-electron chi connectivity index (χ4n) is 3.15. The third-order valence-electron chi connectivity index (χ3n) is 4.57. The second-order valence-corrected chi connectivity index (χ2v) is 6.24. The van der Waals surface area contributed by atoms with Crippen LogP contribution in [0.5, 0.6) is 0 Å². The van der Waals surface area contributed by atoms with E-state index < -0.39 is 12.1 Å². The highest BCUT2D eigenvalue weighted by Gasteiger charge is 2.31. The number of carbonyl (C=O) groups is 2. The molecule has 0 saturated carbocycles. The molecule has 0 bridgehead atoms. The number of amides is 1. The van der Waals surface area contributed by atoms with Crippen molar-refractivity contribution in [3.63, 3.8) is 0 Å². The molecule has 9 nitrogen and oxygen atoms in total. The summed E-state index contributed by atoms with van der Waals surface area (Å²) in [5, 5.41) is 18.3. The van der Waals surface area contributed by atoms with Gasteiger partial charge in [0.15, 0.2) is 11.8 Å². The van der Waals surface area contributed by atoms with Gasteiger partial charge in [-0.3, -0.25) is 9.78 Å². The minimum Gasteiger partial charge on any atom is -0.479 e. The summed E-state index contributed by atoms with van der Waals surface area (Å²) < 4.78 is 6.75. The molecule has 1 aliphatic rings. The number of benzene rings is 1. The van der Waals surface area contributed by atoms with Gasteiger partial charge < -0.3 is 14.7 Å². The number of hydrogen-bond acceptors (Lipinski definition) is 6. The molecule has 138 valence electrons. The molecule has 2 aromatic heterocycles. The first-order chi connectivity index (χ1) is 13.1. The number of rotatable bonds is 3. The largest absolute Gasteiger partial charge is 0.479 e. The van der Waals surface area contributed by atoms with Crippen molar-refractivity contribution in [3.8, 4) is 5.69 Å². The van der Waals surface area contributed by atoms with Gasteiger partial charge in [0, 0.05) is 18.1 Å². The van der Waals surface area contributed by atoms with Gasteiger partial charge in [-0.15, -0.1) is 5.10 Å². The van der Waals surface area contributed by atoms with E-state index in [0.29, 0.717) is 12.2 Å². The van der Waals surface area contributed by atoms with E-state index >= 15 is 0 Å². The van der Waals surface area contributed by atoms with Gasteiger partial charge in [-0.25, -0.2) is 9.48 Å². The third kappa shape index (κ3) is 3.02. The van der Waals surface area contributed by atoms with E-state index in [2.05, 4.69) is 15.3 Å². The third-order valence-corrected chi connectivity index (χ3v) is 4.57. The molecule has 1 saturated heterocycles. The van der Waals surface area contributed by atoms with Gasteiger partial charge in [0.2, 0.25) is 0 Å². The van der Waals surface area contributed by atoms with Crippen molar-refractivity contribution < 1.29 is 19.4 Å². The van der Waals surface area contributed by atoms with Crippen molar-refractivity contribution >= 4 is 22.8 Å². The number of pyridine rings is 1. The van der Waals surface area contributed by atoms with Crippen molar-refractivity contribution in [2.24, 2.45) is 0 Å². The Morgan fingerprint density at radius 2 is 2.07 bits per heavy atom. The molecule has 4 rings (SSSR count). The number of ether oxygens (including phenoxy) is 1. The van der Waals surface area contributed by atoms with Crippen molar-refractivity contribution in [3.05, 3.63) is 47.9 Å². The molecule has 3 aromatic rings. The Hall–Kier alpha value is -3.33. The molecule has 9 heteroatoms. The van der Waals surface area contributed by atoms with Gasteiger partial charge >= 0.3 is 5.97 Å². The van der Waals surface area contributed by atoms with Crippen LogP contribution in [0.2, 0.25) is 0 Å². The summed E-state index contributed by atoms with van der Waals surface area (Å²) in [7, 11) is 0. The number of aliphatic carboxylic acids is 1. The Morgan fingerprint density at radius 1 is 1.26 bits per heavy atom. The second-order valence-electron chi connectivity index (χ2n) is 6.24. The minimum absolute atomic E-state index is 0.0176. The van der Waals surface area contributed by atoms with Crippen LogP contribution in [0, 0.1) is 6.92 Å². The molecule has 1 aromatic carbocycles. The fraction of sp³-hybridized carbons (Fsp3) is 0.278. The molecule has 0 aliphatic carbocycles. The van der Waals surface area contributed by atoms with Crippen LogP contribution >= 0.6 is 0 Å². The standard InChI is InChI=1S/C18H17N5O4/c1-11-15(17(24)22-8-9-27-14(10-22)18(25)26)20-21-23(11)13-6-2-4-12-5-3-7-19-16(12)13/h2-7,14H,8-10H2,1H3,(H,25,26)/t14-/m1/s1. The van der Waals surface area contributed by atoms with Crippen molar-refractivity contribution in [2.75, 3.05) is 19.7 Å². The fourth-order valence-corrected chi connectivity index (χ4v) is 3.15. The zero-order valence-corrected chi connectivity index (χ0v) is 14.6. The number of carbonyl (C=O) groups excluding carboxylic acids is 1. The highest BCUT2D eigenvalue weighted by atomic mass is 16.5. The average molecular weight is 367 g/mol. The highest BCUT2D eigenvalue weighted by Crippen LogP contribution is 2.22. The summed E-state index contributed by atoms with van der Waals surface area (Å²) in [6, 6.07) is 9.50. The van der Waals surface area contributed by atoms with E-state index in [0.717, 1.165) is 16.6 Å².